The number of furan rings is 2. The van der Waals surface area contributed by atoms with Gasteiger partial charge in [0, 0.05) is 128 Å². The van der Waals surface area contributed by atoms with E-state index >= 15 is 0 Å². The molecule has 0 radical (unpaired) electrons. The summed E-state index contributed by atoms with van der Waals surface area (Å²) < 4.78 is 23.0. The van der Waals surface area contributed by atoms with Crippen molar-refractivity contribution in [3.05, 3.63) is 328 Å². The Hall–Kier alpha value is -13.1. The lowest BCUT2D eigenvalue weighted by atomic mass is 10.0. The molecule has 0 saturated carbocycles. The third kappa shape index (κ3) is 9.27. The van der Waals surface area contributed by atoms with Crippen molar-refractivity contribution < 1.29 is 8.83 Å². The van der Waals surface area contributed by atoms with Gasteiger partial charge in [-0.1, -0.05) is 231 Å². The number of benzene rings is 14. The summed E-state index contributed by atoms with van der Waals surface area (Å²) in [6.07, 6.45) is 0. The molecule has 0 N–H and O–H groups in total. The van der Waals surface area contributed by atoms with Crippen LogP contribution in [0.2, 0.25) is 0 Å². The summed E-state index contributed by atoms with van der Waals surface area (Å²) in [6, 6.07) is 115. The molecule has 8 nitrogen and oxygen atoms in total. The fourth-order valence-electron chi connectivity index (χ4n) is 15.4. The predicted molar refractivity (Wildman–Crippen MR) is 426 cm³/mol. The monoisotopic (exact) mass is 1340 g/mol. The summed E-state index contributed by atoms with van der Waals surface area (Å²) in [6.45, 7) is 0. The summed E-state index contributed by atoms with van der Waals surface area (Å²) in [5.41, 5.74) is 19.4. The lowest BCUT2D eigenvalue weighted by Crippen LogP contribution is -1.98. The number of hydrogen-bond acceptors (Lipinski definition) is 8. The van der Waals surface area contributed by atoms with Crippen molar-refractivity contribution in [1.82, 2.24) is 29.1 Å². The smallest absolute Gasteiger partial charge is 0.160 e. The molecular weight excluding hydrogens is 1290 g/mol. The van der Waals surface area contributed by atoms with Crippen molar-refractivity contribution in [3.63, 3.8) is 0 Å². The summed E-state index contributed by atoms with van der Waals surface area (Å²) >= 11 is 3.75. The zero-order valence-corrected chi connectivity index (χ0v) is 56.1. The average Bonchev–Trinajstić information content (AvgIpc) is 1.57. The maximum Gasteiger partial charge on any atom is 0.160 e. The Morgan fingerprint density at radius 3 is 1.16 bits per heavy atom. The first-order valence-electron chi connectivity index (χ1n) is 34.2. The highest BCUT2D eigenvalue weighted by molar-refractivity contribution is 7.27. The van der Waals surface area contributed by atoms with Gasteiger partial charge >= 0.3 is 0 Å². The molecule has 0 saturated heterocycles. The van der Waals surface area contributed by atoms with Gasteiger partial charge in [-0.25, -0.2) is 19.9 Å². The largest absolute Gasteiger partial charge is 0.455 e. The molecule has 22 rings (SSSR count). The van der Waals surface area contributed by atoms with E-state index in [2.05, 4.69) is 276 Å². The number of para-hydroxylation sites is 6. The van der Waals surface area contributed by atoms with Crippen LogP contribution in [0.15, 0.2) is 336 Å². The highest BCUT2D eigenvalue weighted by Crippen LogP contribution is 2.47. The van der Waals surface area contributed by atoms with E-state index in [1.54, 1.807) is 0 Å². The van der Waals surface area contributed by atoms with Crippen LogP contribution in [0.5, 0.6) is 0 Å². The molecule has 0 spiro atoms. The molecule has 8 aromatic heterocycles. The molecule has 8 heterocycles. The van der Waals surface area contributed by atoms with Gasteiger partial charge in [-0.15, -0.1) is 22.7 Å². The number of thiophene rings is 2. The number of hydrogen-bond donors (Lipinski definition) is 0. The third-order valence-electron chi connectivity index (χ3n) is 20.0. The molecule has 0 bridgehead atoms. The third-order valence-corrected chi connectivity index (χ3v) is 22.4. The van der Waals surface area contributed by atoms with Crippen LogP contribution >= 0.6 is 22.7 Å². The van der Waals surface area contributed by atoms with E-state index in [1.807, 2.05) is 83.3 Å². The number of fused-ring (bicyclic) bond motifs is 20. The Kier molecular flexibility index (Phi) is 13.2. The molecule has 14 aromatic carbocycles. The van der Waals surface area contributed by atoms with Crippen LogP contribution in [0, 0.1) is 0 Å². The minimum absolute atomic E-state index is 0.661. The van der Waals surface area contributed by atoms with Crippen LogP contribution in [0.25, 0.3) is 207 Å². The minimum atomic E-state index is 0.661. The van der Waals surface area contributed by atoms with Gasteiger partial charge in [-0.3, -0.25) is 0 Å². The van der Waals surface area contributed by atoms with Crippen LogP contribution < -0.4 is 0 Å². The van der Waals surface area contributed by atoms with E-state index in [4.69, 9.17) is 28.8 Å². The highest BCUT2D eigenvalue weighted by atomic mass is 32.1. The number of aromatic nitrogens is 6. The molecule has 0 aliphatic carbocycles. The van der Waals surface area contributed by atoms with Gasteiger partial charge in [0.25, 0.3) is 0 Å². The molecule has 102 heavy (non-hydrogen) atoms. The molecule has 0 fully saturated rings. The lowest BCUT2D eigenvalue weighted by molar-refractivity contribution is 0.669. The van der Waals surface area contributed by atoms with Gasteiger partial charge in [-0.05, 0) is 97.1 Å². The van der Waals surface area contributed by atoms with Gasteiger partial charge in [0.15, 0.2) is 11.6 Å². The second kappa shape index (κ2) is 23.3. The maximum atomic E-state index is 6.47. The summed E-state index contributed by atoms with van der Waals surface area (Å²) in [7, 11) is 0. The van der Waals surface area contributed by atoms with Crippen molar-refractivity contribution in [2.45, 2.75) is 0 Å². The fraction of sp³-hybridized carbons (Fsp3) is 0. The first-order chi connectivity index (χ1) is 50.6. The summed E-state index contributed by atoms with van der Waals surface area (Å²) in [5, 5.41) is 14.7. The molecule has 22 aromatic rings. The Labute approximate surface area is 591 Å². The quantitative estimate of drug-likeness (QED) is 0.151. The standard InChI is InChI=1S/2C46H27N3OS/c1-2-12-28(13-3-1)46-47-37(27-38(48-46)35-20-11-19-33-31-16-5-8-22-41(31)50-44(33)35)29-14-10-15-30(26-29)49-39-21-7-4-18-36(39)43-40(49)25-24-34-32-17-6-9-23-42(32)51-45(34)43;1-2-12-28(13-3-1)37-27-38(35-20-11-19-33-31-16-5-8-22-41(31)50-44(33)35)48-46(47-37)29-14-10-15-30(26-29)49-39-21-7-4-18-36(39)43-40(49)25-24-34-32-17-6-9-23-42(32)51-45(34)43/h2*1-27H. The minimum Gasteiger partial charge on any atom is -0.455 e. The van der Waals surface area contributed by atoms with E-state index in [0.717, 1.165) is 111 Å². The molecule has 0 unspecified atom stereocenters. The molecule has 0 atom stereocenters. The summed E-state index contributed by atoms with van der Waals surface area (Å²) in [5.74, 6) is 1.33. The fourth-order valence-corrected chi connectivity index (χ4v) is 18.0. The van der Waals surface area contributed by atoms with Gasteiger partial charge in [-0.2, -0.15) is 0 Å². The van der Waals surface area contributed by atoms with E-state index in [1.165, 1.54) is 84.0 Å². The second-order valence-corrected chi connectivity index (χ2v) is 28.0. The molecule has 0 aliphatic rings. The molecular formula is C92H54N6O2S2. The van der Waals surface area contributed by atoms with Crippen LogP contribution in [0.3, 0.4) is 0 Å². The normalized spacial score (nSPS) is 11.9. The highest BCUT2D eigenvalue weighted by Gasteiger charge is 2.23. The Morgan fingerprint density at radius 1 is 0.245 bits per heavy atom. The van der Waals surface area contributed by atoms with Crippen LogP contribution in [0.1, 0.15) is 0 Å². The Morgan fingerprint density at radius 2 is 0.627 bits per heavy atom. The van der Waals surface area contributed by atoms with E-state index in [0.29, 0.717) is 11.6 Å². The van der Waals surface area contributed by atoms with Crippen LogP contribution in [-0.2, 0) is 0 Å². The predicted octanol–water partition coefficient (Wildman–Crippen LogP) is 25.7. The van der Waals surface area contributed by atoms with Crippen molar-refractivity contribution >= 4 is 151 Å². The maximum absolute atomic E-state index is 6.47. The average molecular weight is 1340 g/mol. The van der Waals surface area contributed by atoms with Crippen molar-refractivity contribution in [3.8, 4) is 79.2 Å². The molecule has 476 valence electrons. The first kappa shape index (κ1) is 57.9. The van der Waals surface area contributed by atoms with Gasteiger partial charge < -0.3 is 18.0 Å². The molecule has 0 aliphatic heterocycles. The van der Waals surface area contributed by atoms with Crippen LogP contribution in [-0.4, -0.2) is 29.1 Å². The Bertz CT molecular complexity index is 6730. The number of rotatable bonds is 8. The Balaban J connectivity index is 0.000000133. The van der Waals surface area contributed by atoms with Crippen LogP contribution in [0.4, 0.5) is 0 Å². The van der Waals surface area contributed by atoms with E-state index in [9.17, 15) is 0 Å². The van der Waals surface area contributed by atoms with Gasteiger partial charge in [0.2, 0.25) is 0 Å². The SMILES string of the molecule is c1ccc(-c2cc(-c3cccc4c3oc3ccccc34)nc(-c3cccc(-n4c5ccccc5c5c6sc7ccccc7c6ccc54)c3)n2)cc1.c1ccc(-c2nc(-c3cccc(-n4c5ccccc5c5c6sc7ccccc7c6ccc54)c3)cc(-c3cccc4c3oc3ccccc34)n2)cc1. The number of nitrogens with zero attached hydrogens (tertiary/aromatic N) is 6. The first-order valence-corrected chi connectivity index (χ1v) is 35.8. The lowest BCUT2D eigenvalue weighted by Gasteiger charge is -2.12. The van der Waals surface area contributed by atoms with Crippen molar-refractivity contribution in [2.75, 3.05) is 0 Å². The zero-order valence-electron chi connectivity index (χ0n) is 54.5. The summed E-state index contributed by atoms with van der Waals surface area (Å²) in [4.78, 5) is 20.8. The van der Waals surface area contributed by atoms with E-state index in [-0.39, 0.29) is 0 Å². The topological polar surface area (TPSA) is 87.7 Å². The van der Waals surface area contributed by atoms with Crippen molar-refractivity contribution in [1.29, 1.82) is 0 Å². The second-order valence-electron chi connectivity index (χ2n) is 25.9. The zero-order chi connectivity index (χ0) is 66.9. The van der Waals surface area contributed by atoms with Crippen molar-refractivity contribution in [2.24, 2.45) is 0 Å². The molecule has 0 amide bonds. The van der Waals surface area contributed by atoms with E-state index < -0.39 is 0 Å². The van der Waals surface area contributed by atoms with Gasteiger partial charge in [0.1, 0.15) is 22.3 Å². The van der Waals surface area contributed by atoms with Gasteiger partial charge in [0.05, 0.1) is 44.8 Å². The molecule has 10 heteroatoms.